The molecule has 212 valence electrons. The Bertz CT molecular complexity index is 1090. The monoisotopic (exact) mass is 596 g/mol. The van der Waals surface area contributed by atoms with Crippen molar-refractivity contribution >= 4 is 15.9 Å². The quantitative estimate of drug-likeness (QED) is 0.115. The fraction of sp³-hybridized carbons (Fsp3) is 0.471. The SMILES string of the molecule is CCCCCC(C)(C)c1ccc(OCCOCC[N+](C)(C)Cc2ccc(OCc3ccc(Br)cc3)cc2)cc1. The highest BCUT2D eigenvalue weighted by molar-refractivity contribution is 9.10. The molecule has 0 fully saturated rings. The van der Waals surface area contributed by atoms with Gasteiger partial charge >= 0.3 is 0 Å². The molecule has 4 nitrogen and oxygen atoms in total. The van der Waals surface area contributed by atoms with Crippen LogP contribution < -0.4 is 9.47 Å². The molecule has 0 saturated carbocycles. The van der Waals surface area contributed by atoms with Crippen molar-refractivity contribution < 1.29 is 18.7 Å². The van der Waals surface area contributed by atoms with Gasteiger partial charge in [0.1, 0.15) is 37.8 Å². The Morgan fingerprint density at radius 2 is 1.33 bits per heavy atom. The van der Waals surface area contributed by atoms with Crippen molar-refractivity contribution in [3.8, 4) is 11.5 Å². The Morgan fingerprint density at radius 3 is 2.00 bits per heavy atom. The Balaban J connectivity index is 1.31. The zero-order chi connectivity index (χ0) is 28.1. The standard InChI is InChI=1S/C34H47BrNO3/c1-6-7-8-21-34(2,3)30-13-19-32(20-14-30)38-25-24-37-23-22-36(4,5)26-28-11-17-33(18-12-28)39-27-29-9-15-31(35)16-10-29/h9-20H,6-8,21-27H2,1-5H3/q+1. The Kier molecular flexibility index (Phi) is 12.4. The van der Waals surface area contributed by atoms with Crippen LogP contribution in [0.5, 0.6) is 11.5 Å². The number of hydrogen-bond donors (Lipinski definition) is 0. The molecule has 39 heavy (non-hydrogen) atoms. The highest BCUT2D eigenvalue weighted by Gasteiger charge is 2.20. The van der Waals surface area contributed by atoms with Crippen LogP contribution in [0.2, 0.25) is 0 Å². The highest BCUT2D eigenvalue weighted by Crippen LogP contribution is 2.30. The summed E-state index contributed by atoms with van der Waals surface area (Å²) in [6, 6.07) is 25.2. The lowest BCUT2D eigenvalue weighted by atomic mass is 9.80. The molecule has 0 spiro atoms. The van der Waals surface area contributed by atoms with E-state index < -0.39 is 0 Å². The summed E-state index contributed by atoms with van der Waals surface area (Å²) in [5.41, 5.74) is 4.03. The van der Waals surface area contributed by atoms with Crippen LogP contribution >= 0.6 is 15.9 Å². The first-order valence-corrected chi connectivity index (χ1v) is 15.1. The summed E-state index contributed by atoms with van der Waals surface area (Å²) >= 11 is 3.47. The molecule has 3 aromatic carbocycles. The number of rotatable bonds is 17. The van der Waals surface area contributed by atoms with Gasteiger partial charge in [-0.3, -0.25) is 0 Å². The third-order valence-corrected chi connectivity index (χ3v) is 7.76. The summed E-state index contributed by atoms with van der Waals surface area (Å²) in [4.78, 5) is 0. The van der Waals surface area contributed by atoms with Gasteiger partial charge < -0.3 is 18.7 Å². The number of benzene rings is 3. The maximum absolute atomic E-state index is 5.94. The molecule has 0 atom stereocenters. The van der Waals surface area contributed by atoms with Crippen molar-refractivity contribution in [3.05, 3.63) is 94.0 Å². The molecule has 0 heterocycles. The molecule has 0 aliphatic carbocycles. The van der Waals surface area contributed by atoms with E-state index in [1.54, 1.807) is 0 Å². The first-order chi connectivity index (χ1) is 18.7. The summed E-state index contributed by atoms with van der Waals surface area (Å²) in [6.07, 6.45) is 5.07. The van der Waals surface area contributed by atoms with Gasteiger partial charge in [-0.05, 0) is 71.5 Å². The predicted octanol–water partition coefficient (Wildman–Crippen LogP) is 8.56. The van der Waals surface area contributed by atoms with Crippen LogP contribution in [-0.4, -0.2) is 44.9 Å². The van der Waals surface area contributed by atoms with E-state index in [4.69, 9.17) is 14.2 Å². The van der Waals surface area contributed by atoms with Crippen LogP contribution in [0.4, 0.5) is 0 Å². The number of quaternary nitrogens is 1. The second-order valence-corrected chi connectivity index (χ2v) is 12.6. The average molecular weight is 598 g/mol. The van der Waals surface area contributed by atoms with Crippen molar-refractivity contribution in [1.29, 1.82) is 0 Å². The van der Waals surface area contributed by atoms with Crippen LogP contribution in [0.15, 0.2) is 77.3 Å². The second kappa shape index (κ2) is 15.4. The van der Waals surface area contributed by atoms with Crippen LogP contribution in [0.25, 0.3) is 0 Å². The lowest BCUT2D eigenvalue weighted by Crippen LogP contribution is -2.41. The fourth-order valence-corrected chi connectivity index (χ4v) is 4.87. The van der Waals surface area contributed by atoms with Crippen molar-refractivity contribution in [2.75, 3.05) is 40.5 Å². The van der Waals surface area contributed by atoms with Crippen molar-refractivity contribution in [2.24, 2.45) is 0 Å². The minimum absolute atomic E-state index is 0.206. The molecule has 0 amide bonds. The van der Waals surface area contributed by atoms with Gasteiger partial charge in [-0.25, -0.2) is 0 Å². The van der Waals surface area contributed by atoms with E-state index in [2.05, 4.69) is 111 Å². The zero-order valence-electron chi connectivity index (χ0n) is 24.5. The largest absolute Gasteiger partial charge is 0.491 e. The molecule has 0 radical (unpaired) electrons. The number of likely N-dealkylation sites (N-methyl/N-ethyl adjacent to an activating group) is 1. The Morgan fingerprint density at radius 1 is 0.718 bits per heavy atom. The van der Waals surface area contributed by atoms with E-state index in [1.807, 2.05) is 12.1 Å². The third kappa shape index (κ3) is 11.4. The van der Waals surface area contributed by atoms with E-state index in [0.29, 0.717) is 26.4 Å². The summed E-state index contributed by atoms with van der Waals surface area (Å²) < 4.78 is 19.7. The van der Waals surface area contributed by atoms with Crippen LogP contribution in [-0.2, 0) is 23.3 Å². The topological polar surface area (TPSA) is 27.7 Å². The fourth-order valence-electron chi connectivity index (χ4n) is 4.61. The average Bonchev–Trinajstić information content (AvgIpc) is 2.91. The van der Waals surface area contributed by atoms with Gasteiger partial charge in [0.05, 0.1) is 27.3 Å². The molecule has 0 unspecified atom stereocenters. The van der Waals surface area contributed by atoms with E-state index in [0.717, 1.165) is 39.1 Å². The maximum atomic E-state index is 5.94. The molecule has 3 rings (SSSR count). The molecule has 5 heteroatoms. The normalized spacial score (nSPS) is 11.9. The number of hydrogen-bond acceptors (Lipinski definition) is 3. The molecule has 0 aliphatic rings. The van der Waals surface area contributed by atoms with E-state index in [1.165, 1.54) is 36.8 Å². The molecular formula is C34H47BrNO3+. The van der Waals surface area contributed by atoms with Crippen molar-refractivity contribution in [2.45, 2.75) is 65.0 Å². The number of nitrogens with zero attached hydrogens (tertiary/aromatic N) is 1. The minimum Gasteiger partial charge on any atom is -0.491 e. The molecule has 0 aliphatic heterocycles. The summed E-state index contributed by atoms with van der Waals surface area (Å²) in [7, 11) is 4.48. The lowest BCUT2D eigenvalue weighted by molar-refractivity contribution is -0.904. The summed E-state index contributed by atoms with van der Waals surface area (Å²) in [5, 5.41) is 0. The van der Waals surface area contributed by atoms with Crippen molar-refractivity contribution in [1.82, 2.24) is 0 Å². The van der Waals surface area contributed by atoms with Gasteiger partial charge in [-0.1, -0.05) is 80.2 Å². The molecule has 0 saturated heterocycles. The molecule has 3 aromatic rings. The summed E-state index contributed by atoms with van der Waals surface area (Å²) in [5.74, 6) is 1.80. The third-order valence-electron chi connectivity index (χ3n) is 7.23. The molecule has 0 bridgehead atoms. The van der Waals surface area contributed by atoms with Gasteiger partial charge in [-0.15, -0.1) is 0 Å². The predicted molar refractivity (Wildman–Crippen MR) is 166 cm³/mol. The number of halogens is 1. The lowest BCUT2D eigenvalue weighted by Gasteiger charge is -2.29. The van der Waals surface area contributed by atoms with Gasteiger partial charge in [0, 0.05) is 10.0 Å². The van der Waals surface area contributed by atoms with Crippen LogP contribution in [0.1, 0.15) is 63.1 Å². The van der Waals surface area contributed by atoms with Gasteiger partial charge in [-0.2, -0.15) is 0 Å². The number of unbranched alkanes of at least 4 members (excludes halogenated alkanes) is 2. The van der Waals surface area contributed by atoms with Crippen molar-refractivity contribution in [3.63, 3.8) is 0 Å². The van der Waals surface area contributed by atoms with Crippen LogP contribution in [0, 0.1) is 0 Å². The number of ether oxygens (including phenoxy) is 3. The highest BCUT2D eigenvalue weighted by atomic mass is 79.9. The first-order valence-electron chi connectivity index (χ1n) is 14.3. The van der Waals surface area contributed by atoms with Gasteiger partial charge in [0.25, 0.3) is 0 Å². The molecular weight excluding hydrogens is 550 g/mol. The summed E-state index contributed by atoms with van der Waals surface area (Å²) in [6.45, 7) is 11.2. The van der Waals surface area contributed by atoms with Gasteiger partial charge in [0.15, 0.2) is 0 Å². The van der Waals surface area contributed by atoms with Gasteiger partial charge in [0.2, 0.25) is 0 Å². The molecule has 0 aromatic heterocycles. The Hall–Kier alpha value is -2.34. The minimum atomic E-state index is 0.206. The second-order valence-electron chi connectivity index (χ2n) is 11.7. The van der Waals surface area contributed by atoms with E-state index in [9.17, 15) is 0 Å². The zero-order valence-corrected chi connectivity index (χ0v) is 26.1. The van der Waals surface area contributed by atoms with E-state index >= 15 is 0 Å². The first kappa shape index (κ1) is 31.2. The van der Waals surface area contributed by atoms with E-state index in [-0.39, 0.29) is 5.41 Å². The Labute approximate surface area is 245 Å². The smallest absolute Gasteiger partial charge is 0.119 e. The molecule has 0 N–H and O–H groups in total. The maximum Gasteiger partial charge on any atom is 0.119 e. The van der Waals surface area contributed by atoms with Crippen LogP contribution in [0.3, 0.4) is 0 Å².